The van der Waals surface area contributed by atoms with Gasteiger partial charge in [0.25, 0.3) is 0 Å². The third-order valence-corrected chi connectivity index (χ3v) is 7.83. The molecule has 1 heterocycles. The quantitative estimate of drug-likeness (QED) is 0.336. The zero-order valence-electron chi connectivity index (χ0n) is 21.4. The van der Waals surface area contributed by atoms with E-state index < -0.39 is 0 Å². The third-order valence-electron chi connectivity index (χ3n) is 7.83. The summed E-state index contributed by atoms with van der Waals surface area (Å²) in [6.45, 7) is 18.5. The molecule has 0 unspecified atom stereocenters. The highest BCUT2D eigenvalue weighted by atomic mass is 16.3. The first kappa shape index (κ1) is 22.1. The molecule has 1 N–H and O–H groups in total. The zero-order valence-corrected chi connectivity index (χ0v) is 21.4. The number of fused-ring (bicyclic) bond motifs is 4. The molecule has 33 heavy (non-hydrogen) atoms. The zero-order chi connectivity index (χ0) is 23.8. The van der Waals surface area contributed by atoms with Crippen LogP contribution in [-0.2, 0) is 16.2 Å². The molecule has 2 heteroatoms. The standard InChI is InChI=1S/C31H37NO/c1-19-16-23-24(31(7,8)15-14-30(23,5)6)18-26(19)32-25-11-9-10-21-22-17-20(29(2,3)4)12-13-27(22)33-28(21)25/h9-13,16-18,32H,14-15H2,1-8H3. The summed E-state index contributed by atoms with van der Waals surface area (Å²) in [6.07, 6.45) is 2.44. The van der Waals surface area contributed by atoms with Crippen LogP contribution in [0.5, 0.6) is 0 Å². The lowest BCUT2D eigenvalue weighted by atomic mass is 9.63. The molecule has 1 aliphatic rings. The molecule has 0 radical (unpaired) electrons. The van der Waals surface area contributed by atoms with Crippen molar-refractivity contribution >= 4 is 33.3 Å². The van der Waals surface area contributed by atoms with Gasteiger partial charge in [0.05, 0.1) is 5.69 Å². The lowest BCUT2D eigenvalue weighted by Gasteiger charge is -2.42. The van der Waals surface area contributed by atoms with E-state index in [1.54, 1.807) is 0 Å². The van der Waals surface area contributed by atoms with Crippen LogP contribution < -0.4 is 5.32 Å². The highest BCUT2D eigenvalue weighted by Crippen LogP contribution is 2.48. The van der Waals surface area contributed by atoms with Gasteiger partial charge in [-0.2, -0.15) is 0 Å². The van der Waals surface area contributed by atoms with Crippen LogP contribution in [0.1, 0.15) is 83.6 Å². The SMILES string of the molecule is Cc1cc2c(cc1Nc1cccc3c1oc1ccc(C(C)(C)C)cc13)C(C)(C)CCC2(C)C. The maximum Gasteiger partial charge on any atom is 0.158 e. The van der Waals surface area contributed by atoms with Gasteiger partial charge >= 0.3 is 0 Å². The number of hydrogen-bond donors (Lipinski definition) is 1. The molecule has 0 spiro atoms. The largest absolute Gasteiger partial charge is 0.454 e. The first-order valence-electron chi connectivity index (χ1n) is 12.3. The Morgan fingerprint density at radius 2 is 1.45 bits per heavy atom. The number of anilines is 2. The predicted molar refractivity (Wildman–Crippen MR) is 142 cm³/mol. The lowest BCUT2D eigenvalue weighted by molar-refractivity contribution is 0.332. The van der Waals surface area contributed by atoms with Crippen LogP contribution in [0, 0.1) is 6.92 Å². The number of nitrogens with one attached hydrogen (secondary N) is 1. The average molecular weight is 440 g/mol. The van der Waals surface area contributed by atoms with Gasteiger partial charge in [-0.05, 0) is 82.5 Å². The Balaban J connectivity index is 1.63. The Morgan fingerprint density at radius 1 is 0.788 bits per heavy atom. The predicted octanol–water partition coefficient (Wildman–Crippen LogP) is 9.28. The van der Waals surface area contributed by atoms with E-state index in [2.05, 4.69) is 109 Å². The fourth-order valence-corrected chi connectivity index (χ4v) is 5.37. The second-order valence-electron chi connectivity index (χ2n) is 12.4. The summed E-state index contributed by atoms with van der Waals surface area (Å²) in [6, 6.07) is 17.8. The number of aryl methyl sites for hydroxylation is 1. The van der Waals surface area contributed by atoms with E-state index in [4.69, 9.17) is 4.42 Å². The lowest BCUT2D eigenvalue weighted by Crippen LogP contribution is -2.34. The molecule has 0 amide bonds. The van der Waals surface area contributed by atoms with Crippen molar-refractivity contribution in [1.29, 1.82) is 0 Å². The van der Waals surface area contributed by atoms with Crippen molar-refractivity contribution in [1.82, 2.24) is 0 Å². The first-order valence-corrected chi connectivity index (χ1v) is 12.3. The third kappa shape index (κ3) is 3.64. The van der Waals surface area contributed by atoms with Crippen molar-refractivity contribution in [3.05, 3.63) is 70.8 Å². The van der Waals surface area contributed by atoms with Crippen molar-refractivity contribution in [2.75, 3.05) is 5.32 Å². The molecule has 0 saturated heterocycles. The van der Waals surface area contributed by atoms with E-state index in [-0.39, 0.29) is 16.2 Å². The number of furan rings is 1. The molecule has 1 aromatic heterocycles. The van der Waals surface area contributed by atoms with Crippen molar-refractivity contribution in [2.45, 2.75) is 84.5 Å². The van der Waals surface area contributed by atoms with Crippen molar-refractivity contribution in [3.8, 4) is 0 Å². The molecule has 0 aliphatic heterocycles. The topological polar surface area (TPSA) is 25.2 Å². The molecule has 0 saturated carbocycles. The summed E-state index contributed by atoms with van der Waals surface area (Å²) >= 11 is 0. The van der Waals surface area contributed by atoms with Crippen LogP contribution in [0.15, 0.2) is 52.9 Å². The van der Waals surface area contributed by atoms with Crippen LogP contribution >= 0.6 is 0 Å². The smallest absolute Gasteiger partial charge is 0.158 e. The molecule has 2 nitrogen and oxygen atoms in total. The van der Waals surface area contributed by atoms with Crippen LogP contribution in [0.25, 0.3) is 21.9 Å². The minimum atomic E-state index is 0.106. The van der Waals surface area contributed by atoms with E-state index in [9.17, 15) is 0 Å². The van der Waals surface area contributed by atoms with E-state index in [1.165, 1.54) is 46.2 Å². The van der Waals surface area contributed by atoms with E-state index in [1.807, 2.05) is 0 Å². The van der Waals surface area contributed by atoms with Gasteiger partial charge in [-0.25, -0.2) is 0 Å². The fraction of sp³-hybridized carbons (Fsp3) is 0.419. The average Bonchev–Trinajstić information content (AvgIpc) is 3.11. The molecule has 172 valence electrons. The highest BCUT2D eigenvalue weighted by Gasteiger charge is 2.37. The summed E-state index contributed by atoms with van der Waals surface area (Å²) in [7, 11) is 0. The van der Waals surface area contributed by atoms with E-state index in [0.29, 0.717) is 0 Å². The normalized spacial score (nSPS) is 17.3. The maximum absolute atomic E-state index is 6.39. The maximum atomic E-state index is 6.39. The van der Waals surface area contributed by atoms with Crippen molar-refractivity contribution in [3.63, 3.8) is 0 Å². The molecular formula is C31H37NO. The second kappa shape index (κ2) is 7.13. The molecule has 0 bridgehead atoms. The van der Waals surface area contributed by atoms with Crippen LogP contribution in [-0.4, -0.2) is 0 Å². The Labute approximate surface area is 198 Å². The Bertz CT molecular complexity index is 1380. The number of para-hydroxylation sites is 1. The summed E-state index contributed by atoms with van der Waals surface area (Å²) in [5.41, 5.74) is 10.1. The Hall–Kier alpha value is -2.74. The Kier molecular flexibility index (Phi) is 4.77. The van der Waals surface area contributed by atoms with Gasteiger partial charge in [-0.3, -0.25) is 0 Å². The minimum Gasteiger partial charge on any atom is -0.454 e. The number of benzene rings is 3. The minimum absolute atomic E-state index is 0.106. The number of rotatable bonds is 2. The van der Waals surface area contributed by atoms with Gasteiger partial charge in [0, 0.05) is 16.5 Å². The van der Waals surface area contributed by atoms with Gasteiger partial charge < -0.3 is 9.73 Å². The van der Waals surface area contributed by atoms with Crippen LogP contribution in [0.3, 0.4) is 0 Å². The summed E-state index contributed by atoms with van der Waals surface area (Å²) < 4.78 is 6.39. The molecule has 1 aliphatic carbocycles. The van der Waals surface area contributed by atoms with E-state index in [0.717, 1.165) is 22.2 Å². The second-order valence-corrected chi connectivity index (χ2v) is 12.4. The van der Waals surface area contributed by atoms with Gasteiger partial charge in [0.2, 0.25) is 0 Å². The molecule has 5 rings (SSSR count). The first-order chi connectivity index (χ1) is 15.4. The van der Waals surface area contributed by atoms with E-state index >= 15 is 0 Å². The van der Waals surface area contributed by atoms with Gasteiger partial charge in [-0.15, -0.1) is 0 Å². The van der Waals surface area contributed by atoms with Gasteiger partial charge in [0.15, 0.2) is 5.58 Å². The summed E-state index contributed by atoms with van der Waals surface area (Å²) in [5, 5.41) is 6.09. The van der Waals surface area contributed by atoms with Gasteiger partial charge in [0.1, 0.15) is 5.58 Å². The van der Waals surface area contributed by atoms with Crippen molar-refractivity contribution < 1.29 is 4.42 Å². The molecule has 3 aromatic carbocycles. The molecular weight excluding hydrogens is 402 g/mol. The van der Waals surface area contributed by atoms with Crippen molar-refractivity contribution in [2.24, 2.45) is 0 Å². The molecule has 4 aromatic rings. The van der Waals surface area contributed by atoms with Gasteiger partial charge in [-0.1, -0.05) is 72.7 Å². The fourth-order valence-electron chi connectivity index (χ4n) is 5.37. The molecule has 0 atom stereocenters. The molecule has 0 fully saturated rings. The summed E-state index contributed by atoms with van der Waals surface area (Å²) in [4.78, 5) is 0. The monoisotopic (exact) mass is 439 g/mol. The number of hydrogen-bond acceptors (Lipinski definition) is 2. The Morgan fingerprint density at radius 3 is 2.12 bits per heavy atom. The highest BCUT2D eigenvalue weighted by molar-refractivity contribution is 6.09. The van der Waals surface area contributed by atoms with Crippen LogP contribution in [0.2, 0.25) is 0 Å². The summed E-state index contributed by atoms with van der Waals surface area (Å²) in [5.74, 6) is 0. The van der Waals surface area contributed by atoms with Crippen LogP contribution in [0.4, 0.5) is 11.4 Å².